The summed E-state index contributed by atoms with van der Waals surface area (Å²) >= 11 is 0.996. The maximum Gasteiger partial charge on any atom is 0.433 e. The van der Waals surface area contributed by atoms with E-state index in [1.165, 1.54) is 37.5 Å². The molecular formula is C30H21F3N2O3S. The Morgan fingerprint density at radius 3 is 2.44 bits per heavy atom. The van der Waals surface area contributed by atoms with Crippen LogP contribution in [0.5, 0.6) is 11.5 Å². The monoisotopic (exact) mass is 546 g/mol. The Morgan fingerprint density at radius 1 is 1.08 bits per heavy atom. The van der Waals surface area contributed by atoms with Crippen LogP contribution >= 0.6 is 11.8 Å². The third kappa shape index (κ3) is 6.67. The summed E-state index contributed by atoms with van der Waals surface area (Å²) in [5, 5.41) is 19.2. The molecule has 0 atom stereocenters. The minimum absolute atomic E-state index is 0.0447. The summed E-state index contributed by atoms with van der Waals surface area (Å²) in [5.41, 5.74) is 1.31. The highest BCUT2D eigenvalue weighted by Gasteiger charge is 2.34. The van der Waals surface area contributed by atoms with Gasteiger partial charge in [0.25, 0.3) is 0 Å². The first-order valence-electron chi connectivity index (χ1n) is 11.6. The van der Waals surface area contributed by atoms with Crippen LogP contribution in [0.2, 0.25) is 0 Å². The molecular weight excluding hydrogens is 525 g/mol. The van der Waals surface area contributed by atoms with Crippen LogP contribution < -0.4 is 4.74 Å². The van der Waals surface area contributed by atoms with E-state index >= 15 is 0 Å². The molecule has 1 heterocycles. The lowest BCUT2D eigenvalue weighted by atomic mass is 10.0. The molecule has 196 valence electrons. The maximum absolute atomic E-state index is 13.7. The number of carbonyl (C=O) groups is 1. The number of phenols is 1. The van der Waals surface area contributed by atoms with Gasteiger partial charge in [0.15, 0.2) is 5.78 Å². The lowest BCUT2D eigenvalue weighted by molar-refractivity contribution is -0.141. The zero-order valence-corrected chi connectivity index (χ0v) is 21.4. The van der Waals surface area contributed by atoms with Crippen molar-refractivity contribution < 1.29 is 27.8 Å². The molecule has 0 aliphatic carbocycles. The van der Waals surface area contributed by atoms with E-state index in [4.69, 9.17) is 4.74 Å². The normalized spacial score (nSPS) is 11.4. The highest BCUT2D eigenvalue weighted by molar-refractivity contribution is 7.98. The molecule has 1 N–H and O–H groups in total. The SMILES string of the molecule is COc1ccc(/C=C/C(=O)c2ccc(O)cc2)cc1CSc1nc(C(F)(F)F)cc(-c2ccccc2)c1C#N. The molecule has 3 aromatic carbocycles. The second-order valence-electron chi connectivity index (χ2n) is 8.32. The number of ketones is 1. The number of hydrogen-bond donors (Lipinski definition) is 1. The molecule has 5 nitrogen and oxygen atoms in total. The summed E-state index contributed by atoms with van der Waals surface area (Å²) in [6.45, 7) is 0. The lowest BCUT2D eigenvalue weighted by Gasteiger charge is -2.15. The van der Waals surface area contributed by atoms with E-state index in [9.17, 15) is 28.3 Å². The second-order valence-corrected chi connectivity index (χ2v) is 9.28. The summed E-state index contributed by atoms with van der Waals surface area (Å²) in [6, 6.07) is 22.4. The quantitative estimate of drug-likeness (QED) is 0.140. The van der Waals surface area contributed by atoms with Crippen molar-refractivity contribution in [2.45, 2.75) is 17.0 Å². The molecule has 9 heteroatoms. The third-order valence-electron chi connectivity index (χ3n) is 5.72. The molecule has 0 radical (unpaired) electrons. The van der Waals surface area contributed by atoms with Gasteiger partial charge < -0.3 is 9.84 Å². The number of halogens is 3. The fourth-order valence-electron chi connectivity index (χ4n) is 3.78. The largest absolute Gasteiger partial charge is 0.508 e. The molecule has 0 bridgehead atoms. The molecule has 0 aliphatic rings. The standard InChI is InChI=1S/C30H21F3N2O3S/c1-38-27-14-8-19(7-13-26(37)21-9-11-23(36)12-10-21)15-22(27)18-39-29-25(17-34)24(20-5-3-2-4-6-20)16-28(35-29)30(31,32)33/h2-16,36H,18H2,1H3/b13-7+. The first kappa shape index (κ1) is 27.5. The molecule has 1 aromatic heterocycles. The summed E-state index contributed by atoms with van der Waals surface area (Å²) in [7, 11) is 1.48. The van der Waals surface area contributed by atoms with Crippen LogP contribution in [-0.4, -0.2) is 23.0 Å². The molecule has 39 heavy (non-hydrogen) atoms. The van der Waals surface area contributed by atoms with Crippen molar-refractivity contribution in [3.63, 3.8) is 0 Å². The predicted octanol–water partition coefficient (Wildman–Crippen LogP) is 7.54. The number of benzene rings is 3. The number of pyridine rings is 1. The van der Waals surface area contributed by atoms with Crippen molar-refractivity contribution in [3.8, 4) is 28.7 Å². The van der Waals surface area contributed by atoms with E-state index < -0.39 is 11.9 Å². The minimum Gasteiger partial charge on any atom is -0.508 e. The molecule has 0 spiro atoms. The Hall–Kier alpha value is -4.55. The van der Waals surface area contributed by atoms with E-state index in [-0.39, 0.29) is 33.4 Å². The van der Waals surface area contributed by atoms with Gasteiger partial charge >= 0.3 is 6.18 Å². The van der Waals surface area contributed by atoms with Gasteiger partial charge in [-0.15, -0.1) is 11.8 Å². The summed E-state index contributed by atoms with van der Waals surface area (Å²) in [4.78, 5) is 16.2. The van der Waals surface area contributed by atoms with Crippen molar-refractivity contribution in [3.05, 3.63) is 113 Å². The summed E-state index contributed by atoms with van der Waals surface area (Å²) < 4.78 is 46.5. The fourth-order valence-corrected chi connectivity index (χ4v) is 4.76. The Kier molecular flexibility index (Phi) is 8.37. The van der Waals surface area contributed by atoms with Gasteiger partial charge in [0, 0.05) is 22.4 Å². The first-order valence-corrected chi connectivity index (χ1v) is 12.6. The van der Waals surface area contributed by atoms with Crippen molar-refractivity contribution in [1.29, 1.82) is 5.26 Å². The molecule has 0 unspecified atom stereocenters. The van der Waals surface area contributed by atoms with Crippen molar-refractivity contribution in [2.75, 3.05) is 7.11 Å². The molecule has 0 saturated carbocycles. The van der Waals surface area contributed by atoms with Gasteiger partial charge in [-0.25, -0.2) is 4.98 Å². The van der Waals surface area contributed by atoms with Crippen molar-refractivity contribution in [1.82, 2.24) is 4.98 Å². The number of methoxy groups -OCH3 is 1. The first-order chi connectivity index (χ1) is 18.7. The number of rotatable bonds is 8. The number of nitrogens with zero attached hydrogens (tertiary/aromatic N) is 2. The number of aromatic hydroxyl groups is 1. The van der Waals surface area contributed by atoms with Crippen LogP contribution in [0.3, 0.4) is 0 Å². The lowest BCUT2D eigenvalue weighted by Crippen LogP contribution is -2.10. The Balaban J connectivity index is 1.65. The van der Waals surface area contributed by atoms with Crippen LogP contribution in [0.15, 0.2) is 90.0 Å². The number of phenolic OH excluding ortho intramolecular Hbond substituents is 1. The van der Waals surface area contributed by atoms with E-state index in [0.29, 0.717) is 28.0 Å². The molecule has 0 saturated heterocycles. The highest BCUT2D eigenvalue weighted by atomic mass is 32.2. The Labute approximate surface area is 227 Å². The van der Waals surface area contributed by atoms with Gasteiger partial charge in [0.2, 0.25) is 0 Å². The maximum atomic E-state index is 13.7. The Bertz CT molecular complexity index is 1560. The second kappa shape index (κ2) is 11.9. The third-order valence-corrected chi connectivity index (χ3v) is 6.75. The van der Waals surface area contributed by atoms with E-state index in [0.717, 1.165) is 17.8 Å². The van der Waals surface area contributed by atoms with E-state index in [1.807, 2.05) is 6.07 Å². The number of allylic oxidation sites excluding steroid dienone is 1. The number of hydrogen-bond acceptors (Lipinski definition) is 6. The van der Waals surface area contributed by atoms with Gasteiger partial charge in [-0.05, 0) is 59.7 Å². The smallest absolute Gasteiger partial charge is 0.433 e. The van der Waals surface area contributed by atoms with Crippen LogP contribution in [0.25, 0.3) is 17.2 Å². The van der Waals surface area contributed by atoms with Gasteiger partial charge in [0.05, 0.1) is 12.7 Å². The number of carbonyl (C=O) groups excluding carboxylic acids is 1. The van der Waals surface area contributed by atoms with Crippen LogP contribution in [0.4, 0.5) is 13.2 Å². The molecule has 0 aliphatic heterocycles. The fraction of sp³-hybridized carbons (Fsp3) is 0.100. The number of thioether (sulfide) groups is 1. The molecule has 0 amide bonds. The summed E-state index contributed by atoms with van der Waals surface area (Å²) in [5.74, 6) is 0.451. The van der Waals surface area contributed by atoms with Gasteiger partial charge in [-0.1, -0.05) is 42.5 Å². The average molecular weight is 547 g/mol. The van der Waals surface area contributed by atoms with Crippen molar-refractivity contribution >= 4 is 23.6 Å². The minimum atomic E-state index is -4.70. The number of nitriles is 1. The zero-order chi connectivity index (χ0) is 28.0. The Morgan fingerprint density at radius 2 is 1.79 bits per heavy atom. The number of alkyl halides is 3. The molecule has 4 rings (SSSR count). The van der Waals surface area contributed by atoms with Gasteiger partial charge in [0.1, 0.15) is 28.3 Å². The number of aromatic nitrogens is 1. The number of ether oxygens (including phenoxy) is 1. The molecule has 4 aromatic rings. The zero-order valence-electron chi connectivity index (χ0n) is 20.6. The van der Waals surface area contributed by atoms with Gasteiger partial charge in [-0.2, -0.15) is 18.4 Å². The highest BCUT2D eigenvalue weighted by Crippen LogP contribution is 2.38. The van der Waals surface area contributed by atoms with Crippen LogP contribution in [0.1, 0.15) is 32.7 Å². The van der Waals surface area contributed by atoms with Crippen LogP contribution in [0, 0.1) is 11.3 Å². The topological polar surface area (TPSA) is 83.2 Å². The van der Waals surface area contributed by atoms with E-state index in [2.05, 4.69) is 4.98 Å². The van der Waals surface area contributed by atoms with Crippen molar-refractivity contribution in [2.24, 2.45) is 0 Å². The molecule has 0 fully saturated rings. The van der Waals surface area contributed by atoms with Crippen LogP contribution in [-0.2, 0) is 11.9 Å². The van der Waals surface area contributed by atoms with E-state index in [1.54, 1.807) is 54.6 Å². The van der Waals surface area contributed by atoms with Gasteiger partial charge in [-0.3, -0.25) is 4.79 Å². The summed E-state index contributed by atoms with van der Waals surface area (Å²) in [6.07, 6.45) is -1.70. The average Bonchev–Trinajstić information content (AvgIpc) is 2.94. The predicted molar refractivity (Wildman–Crippen MR) is 143 cm³/mol.